The Morgan fingerprint density at radius 2 is 1.83 bits per heavy atom. The summed E-state index contributed by atoms with van der Waals surface area (Å²) in [5.41, 5.74) is 0.972. The van der Waals surface area contributed by atoms with Gasteiger partial charge in [-0.15, -0.1) is 0 Å². The van der Waals surface area contributed by atoms with Crippen LogP contribution in [-0.2, 0) is 20.7 Å². The lowest BCUT2D eigenvalue weighted by atomic mass is 9.92. The van der Waals surface area contributed by atoms with Crippen molar-refractivity contribution in [2.24, 2.45) is 5.92 Å². The van der Waals surface area contributed by atoms with Crippen LogP contribution in [0.15, 0.2) is 24.5 Å². The summed E-state index contributed by atoms with van der Waals surface area (Å²) >= 11 is 0. The van der Waals surface area contributed by atoms with Gasteiger partial charge in [-0.3, -0.25) is 19.5 Å². The minimum Gasteiger partial charge on any atom is -0.378 e. The molecular weight excluding hydrogens is 368 g/mol. The minimum absolute atomic E-state index is 0.118. The highest BCUT2D eigenvalue weighted by molar-refractivity contribution is 5.79. The summed E-state index contributed by atoms with van der Waals surface area (Å²) in [6.45, 7) is 6.33. The number of ether oxygens (including phenoxy) is 1. The van der Waals surface area contributed by atoms with E-state index < -0.39 is 0 Å². The largest absolute Gasteiger partial charge is 0.378 e. The summed E-state index contributed by atoms with van der Waals surface area (Å²) in [5, 5.41) is 0. The Kier molecular flexibility index (Phi) is 6.77. The second-order valence-electron chi connectivity index (χ2n) is 8.42. The molecule has 3 saturated heterocycles. The Bertz CT molecular complexity index is 685. The normalized spacial score (nSPS) is 24.5. The first-order chi connectivity index (χ1) is 14.2. The van der Waals surface area contributed by atoms with Crippen LogP contribution < -0.4 is 0 Å². The number of nitrogens with zero attached hydrogens (tertiary/aromatic N) is 4. The molecule has 0 spiro atoms. The minimum atomic E-state index is 0.118. The smallest absolute Gasteiger partial charge is 0.227 e. The van der Waals surface area contributed by atoms with E-state index in [-0.39, 0.29) is 11.8 Å². The molecule has 2 amide bonds. The van der Waals surface area contributed by atoms with Crippen LogP contribution in [0.4, 0.5) is 0 Å². The summed E-state index contributed by atoms with van der Waals surface area (Å²) in [5.74, 6) is 0.615. The van der Waals surface area contributed by atoms with E-state index in [0.29, 0.717) is 31.6 Å². The van der Waals surface area contributed by atoms with Crippen LogP contribution in [0.2, 0.25) is 0 Å². The first-order valence-corrected chi connectivity index (χ1v) is 11.0. The number of likely N-dealkylation sites (tertiary alicyclic amines) is 2. The molecule has 7 heteroatoms. The molecule has 1 aromatic heterocycles. The molecule has 1 atom stereocenters. The topological polar surface area (TPSA) is 66.0 Å². The number of hydrogen-bond acceptors (Lipinski definition) is 5. The molecular formula is C22H32N4O3. The van der Waals surface area contributed by atoms with E-state index in [0.717, 1.165) is 70.5 Å². The molecule has 29 heavy (non-hydrogen) atoms. The SMILES string of the molecule is O=C(Cc1cccnc1)N1CCC(N2CCC[C@@H](C(=O)N3CCOCC3)C2)CC1. The van der Waals surface area contributed by atoms with Gasteiger partial charge >= 0.3 is 0 Å². The third-order valence-corrected chi connectivity index (χ3v) is 6.54. The second kappa shape index (κ2) is 9.67. The van der Waals surface area contributed by atoms with Crippen molar-refractivity contribution in [2.75, 3.05) is 52.5 Å². The number of rotatable bonds is 4. The number of hydrogen-bond donors (Lipinski definition) is 0. The van der Waals surface area contributed by atoms with Crippen LogP contribution in [0.1, 0.15) is 31.2 Å². The van der Waals surface area contributed by atoms with Gasteiger partial charge in [-0.1, -0.05) is 6.07 Å². The Hall–Kier alpha value is -1.99. The molecule has 158 valence electrons. The Morgan fingerprint density at radius 1 is 1.03 bits per heavy atom. The van der Waals surface area contributed by atoms with Crippen LogP contribution in [0.25, 0.3) is 0 Å². The fourth-order valence-corrected chi connectivity index (χ4v) is 4.85. The molecule has 0 aromatic carbocycles. The number of pyridine rings is 1. The standard InChI is InChI=1S/C22H32N4O3/c27-21(15-18-3-1-7-23-16-18)24-9-5-20(6-10-24)26-8-2-4-19(17-26)22(28)25-11-13-29-14-12-25/h1,3,7,16,19-20H,2,4-6,8-15,17H2/t19-/m1/s1. The zero-order chi connectivity index (χ0) is 20.1. The predicted molar refractivity (Wildman–Crippen MR) is 109 cm³/mol. The summed E-state index contributed by atoms with van der Waals surface area (Å²) in [4.78, 5) is 36.1. The maximum absolute atomic E-state index is 12.9. The molecule has 7 nitrogen and oxygen atoms in total. The van der Waals surface area contributed by atoms with Gasteiger partial charge in [0.25, 0.3) is 0 Å². The number of carbonyl (C=O) groups excluding carboxylic acids is 2. The molecule has 0 saturated carbocycles. The Morgan fingerprint density at radius 3 is 2.55 bits per heavy atom. The monoisotopic (exact) mass is 400 g/mol. The lowest BCUT2D eigenvalue weighted by Crippen LogP contribution is -2.53. The van der Waals surface area contributed by atoms with Crippen molar-refractivity contribution in [1.29, 1.82) is 0 Å². The van der Waals surface area contributed by atoms with Gasteiger partial charge < -0.3 is 14.5 Å². The Balaban J connectivity index is 1.25. The number of aromatic nitrogens is 1. The van der Waals surface area contributed by atoms with E-state index >= 15 is 0 Å². The molecule has 0 aliphatic carbocycles. The lowest BCUT2D eigenvalue weighted by molar-refractivity contribution is -0.142. The van der Waals surface area contributed by atoms with Crippen LogP contribution >= 0.6 is 0 Å². The van der Waals surface area contributed by atoms with Gasteiger partial charge in [0.15, 0.2) is 0 Å². The van der Waals surface area contributed by atoms with E-state index in [1.807, 2.05) is 21.9 Å². The van der Waals surface area contributed by atoms with E-state index in [1.165, 1.54) is 0 Å². The molecule has 4 heterocycles. The van der Waals surface area contributed by atoms with Crippen LogP contribution in [0, 0.1) is 5.92 Å². The molecule has 1 aromatic rings. The highest BCUT2D eigenvalue weighted by atomic mass is 16.5. The predicted octanol–water partition coefficient (Wildman–Crippen LogP) is 1.19. The highest BCUT2D eigenvalue weighted by Crippen LogP contribution is 2.25. The van der Waals surface area contributed by atoms with Gasteiger partial charge in [0.2, 0.25) is 11.8 Å². The maximum Gasteiger partial charge on any atom is 0.227 e. The molecule has 3 aliphatic heterocycles. The molecule has 3 fully saturated rings. The summed E-state index contributed by atoms with van der Waals surface area (Å²) in [7, 11) is 0. The number of carbonyl (C=O) groups is 2. The number of piperidine rings is 2. The van der Waals surface area contributed by atoms with Gasteiger partial charge in [0, 0.05) is 51.2 Å². The second-order valence-corrected chi connectivity index (χ2v) is 8.42. The van der Waals surface area contributed by atoms with Gasteiger partial charge in [0.05, 0.1) is 25.6 Å². The van der Waals surface area contributed by atoms with Gasteiger partial charge in [-0.2, -0.15) is 0 Å². The molecule has 0 bridgehead atoms. The molecule has 4 rings (SSSR count). The molecule has 0 radical (unpaired) electrons. The zero-order valence-corrected chi connectivity index (χ0v) is 17.2. The van der Waals surface area contributed by atoms with E-state index in [2.05, 4.69) is 9.88 Å². The summed E-state index contributed by atoms with van der Waals surface area (Å²) < 4.78 is 5.38. The van der Waals surface area contributed by atoms with Crippen molar-refractivity contribution in [3.8, 4) is 0 Å². The van der Waals surface area contributed by atoms with Crippen LogP contribution in [-0.4, -0.2) is 90.0 Å². The van der Waals surface area contributed by atoms with Gasteiger partial charge in [-0.25, -0.2) is 0 Å². The van der Waals surface area contributed by atoms with Crippen molar-refractivity contribution in [3.05, 3.63) is 30.1 Å². The van der Waals surface area contributed by atoms with Crippen molar-refractivity contribution in [1.82, 2.24) is 19.7 Å². The number of morpholine rings is 1. The first kappa shape index (κ1) is 20.3. The summed E-state index contributed by atoms with van der Waals surface area (Å²) in [6, 6.07) is 4.31. The summed E-state index contributed by atoms with van der Waals surface area (Å²) in [6.07, 6.45) is 8.00. The fourth-order valence-electron chi connectivity index (χ4n) is 4.85. The third kappa shape index (κ3) is 5.14. The average molecular weight is 401 g/mol. The van der Waals surface area contributed by atoms with Gasteiger partial charge in [0.1, 0.15) is 0 Å². The highest BCUT2D eigenvalue weighted by Gasteiger charge is 2.34. The van der Waals surface area contributed by atoms with Crippen LogP contribution in [0.5, 0.6) is 0 Å². The molecule has 0 unspecified atom stereocenters. The third-order valence-electron chi connectivity index (χ3n) is 6.54. The van der Waals surface area contributed by atoms with Crippen molar-refractivity contribution in [3.63, 3.8) is 0 Å². The zero-order valence-electron chi connectivity index (χ0n) is 17.2. The molecule has 0 N–H and O–H groups in total. The fraction of sp³-hybridized carbons (Fsp3) is 0.682. The quantitative estimate of drug-likeness (QED) is 0.760. The van der Waals surface area contributed by atoms with Gasteiger partial charge in [-0.05, 0) is 43.9 Å². The number of amides is 2. The van der Waals surface area contributed by atoms with Crippen molar-refractivity contribution >= 4 is 11.8 Å². The first-order valence-electron chi connectivity index (χ1n) is 11.0. The van der Waals surface area contributed by atoms with E-state index in [1.54, 1.807) is 12.4 Å². The molecule has 3 aliphatic rings. The van der Waals surface area contributed by atoms with Crippen molar-refractivity contribution in [2.45, 2.75) is 38.1 Å². The van der Waals surface area contributed by atoms with E-state index in [9.17, 15) is 9.59 Å². The van der Waals surface area contributed by atoms with Crippen molar-refractivity contribution < 1.29 is 14.3 Å². The van der Waals surface area contributed by atoms with Crippen LogP contribution in [0.3, 0.4) is 0 Å². The average Bonchev–Trinajstić information content (AvgIpc) is 2.80. The maximum atomic E-state index is 12.9. The lowest BCUT2D eigenvalue weighted by Gasteiger charge is -2.43. The van der Waals surface area contributed by atoms with E-state index in [4.69, 9.17) is 4.74 Å². The Labute approximate surface area is 173 Å².